The van der Waals surface area contributed by atoms with E-state index in [9.17, 15) is 0 Å². The third-order valence-electron chi connectivity index (χ3n) is 4.41. The third kappa shape index (κ3) is 2.82. The fraction of sp³-hybridized carbons (Fsp3) is 0.600. The first-order chi connectivity index (χ1) is 8.63. The van der Waals surface area contributed by atoms with Gasteiger partial charge in [0.2, 0.25) is 0 Å². The maximum Gasteiger partial charge on any atom is 0.195 e. The number of hydrogen-bond acceptors (Lipinski definition) is 2. The maximum absolute atomic E-state index is 6.39. The van der Waals surface area contributed by atoms with Crippen molar-refractivity contribution >= 4 is 24.2 Å². The first kappa shape index (κ1) is 15.2. The van der Waals surface area contributed by atoms with E-state index in [4.69, 9.17) is 9.16 Å². The van der Waals surface area contributed by atoms with Crippen LogP contribution in [0.15, 0.2) is 16.6 Å². The minimum absolute atomic E-state index is 0.192. The number of fused-ring (bicyclic) bond motifs is 1. The molecule has 0 saturated heterocycles. The summed E-state index contributed by atoms with van der Waals surface area (Å²) in [5, 5.41) is 0.198. The van der Waals surface area contributed by atoms with Gasteiger partial charge in [-0.15, -0.1) is 0 Å². The van der Waals surface area contributed by atoms with Gasteiger partial charge in [-0.2, -0.15) is 0 Å². The molecule has 0 bridgehead atoms. The molecule has 2 nitrogen and oxygen atoms in total. The van der Waals surface area contributed by atoms with Crippen molar-refractivity contribution in [2.75, 3.05) is 0 Å². The molecule has 106 valence electrons. The summed E-state index contributed by atoms with van der Waals surface area (Å²) in [4.78, 5) is 0. The van der Waals surface area contributed by atoms with Crippen LogP contribution < -0.4 is 0 Å². The van der Waals surface area contributed by atoms with E-state index in [1.807, 2.05) is 0 Å². The van der Waals surface area contributed by atoms with Gasteiger partial charge in [0, 0.05) is 10.0 Å². The van der Waals surface area contributed by atoms with E-state index in [0.29, 0.717) is 6.61 Å². The first-order valence-electron chi connectivity index (χ1n) is 6.71. The number of ether oxygens (including phenoxy) is 1. The zero-order chi connectivity index (χ0) is 14.4. The summed E-state index contributed by atoms with van der Waals surface area (Å²) in [5.74, 6) is 0. The summed E-state index contributed by atoms with van der Waals surface area (Å²) in [5.41, 5.74) is 3.74. The van der Waals surface area contributed by atoms with Gasteiger partial charge in [0.05, 0.1) is 6.61 Å². The lowest BCUT2D eigenvalue weighted by Crippen LogP contribution is -2.41. The number of hydrogen-bond donors (Lipinski definition) is 0. The van der Waals surface area contributed by atoms with E-state index in [1.165, 1.54) is 16.7 Å². The van der Waals surface area contributed by atoms with E-state index in [1.54, 1.807) is 0 Å². The molecule has 19 heavy (non-hydrogen) atoms. The van der Waals surface area contributed by atoms with Crippen molar-refractivity contribution in [2.24, 2.45) is 0 Å². The Hall–Kier alpha value is -0.163. The highest BCUT2D eigenvalue weighted by Gasteiger charge is 2.41. The second kappa shape index (κ2) is 4.99. The smallest absolute Gasteiger partial charge is 0.195 e. The fourth-order valence-electron chi connectivity index (χ4n) is 1.95. The summed E-state index contributed by atoms with van der Waals surface area (Å²) in [6.07, 6.45) is -0.192. The van der Waals surface area contributed by atoms with Crippen molar-refractivity contribution in [1.29, 1.82) is 0 Å². The predicted octanol–water partition coefficient (Wildman–Crippen LogP) is 5.31. The van der Waals surface area contributed by atoms with Crippen molar-refractivity contribution in [2.45, 2.75) is 58.7 Å². The highest BCUT2D eigenvalue weighted by molar-refractivity contribution is 9.10. The minimum Gasteiger partial charge on any atom is -0.389 e. The van der Waals surface area contributed by atoms with E-state index >= 15 is 0 Å². The lowest BCUT2D eigenvalue weighted by atomic mass is 10.0. The quantitative estimate of drug-likeness (QED) is 0.678. The van der Waals surface area contributed by atoms with Crippen molar-refractivity contribution in [3.05, 3.63) is 33.3 Å². The molecule has 1 aliphatic rings. The van der Waals surface area contributed by atoms with E-state index in [2.05, 4.69) is 68.9 Å². The average Bonchev–Trinajstić information content (AvgIpc) is 2.65. The largest absolute Gasteiger partial charge is 0.389 e. The standard InChI is InChI=1S/C15H23BrO2Si/c1-10-12-9-17-14(11(12)7-8-13(10)16)18-19(5,6)15(2,3)4/h7-8,14H,9H2,1-6H3. The van der Waals surface area contributed by atoms with E-state index in [-0.39, 0.29) is 11.3 Å². The number of rotatable bonds is 2. The molecule has 1 heterocycles. The van der Waals surface area contributed by atoms with Gasteiger partial charge in [-0.05, 0) is 42.2 Å². The van der Waals surface area contributed by atoms with Crippen molar-refractivity contribution in [3.8, 4) is 0 Å². The number of benzene rings is 1. The van der Waals surface area contributed by atoms with Gasteiger partial charge >= 0.3 is 0 Å². The summed E-state index contributed by atoms with van der Waals surface area (Å²) < 4.78 is 13.4. The van der Waals surface area contributed by atoms with Crippen LogP contribution >= 0.6 is 15.9 Å². The van der Waals surface area contributed by atoms with Gasteiger partial charge in [-0.3, -0.25) is 0 Å². The van der Waals surface area contributed by atoms with Gasteiger partial charge in [0.1, 0.15) is 0 Å². The van der Waals surface area contributed by atoms with Gasteiger partial charge in [0.25, 0.3) is 0 Å². The molecule has 1 aromatic rings. The summed E-state index contributed by atoms with van der Waals surface area (Å²) >= 11 is 3.57. The molecule has 0 amide bonds. The summed E-state index contributed by atoms with van der Waals surface area (Å²) in [7, 11) is -1.81. The number of halogens is 1. The molecule has 0 N–H and O–H groups in total. The van der Waals surface area contributed by atoms with Gasteiger partial charge in [-0.1, -0.05) is 42.8 Å². The molecular formula is C15H23BrO2Si. The molecule has 1 atom stereocenters. The van der Waals surface area contributed by atoms with Crippen molar-refractivity contribution in [3.63, 3.8) is 0 Å². The molecule has 1 aliphatic heterocycles. The summed E-state index contributed by atoms with van der Waals surface area (Å²) in [6, 6.07) is 4.21. The van der Waals surface area contributed by atoms with Crippen LogP contribution in [0.4, 0.5) is 0 Å². The molecule has 0 aliphatic carbocycles. The fourth-order valence-corrected chi connectivity index (χ4v) is 3.41. The zero-order valence-corrected chi connectivity index (χ0v) is 15.2. The van der Waals surface area contributed by atoms with E-state index in [0.717, 1.165) is 4.47 Å². The highest BCUT2D eigenvalue weighted by atomic mass is 79.9. The Labute approximate surface area is 125 Å². The van der Waals surface area contributed by atoms with Gasteiger partial charge < -0.3 is 9.16 Å². The van der Waals surface area contributed by atoms with Crippen LogP contribution in [0.1, 0.15) is 43.8 Å². The predicted molar refractivity (Wildman–Crippen MR) is 84.7 cm³/mol. The molecular weight excluding hydrogens is 320 g/mol. The van der Waals surface area contributed by atoms with Gasteiger partial charge in [0.15, 0.2) is 14.6 Å². The lowest BCUT2D eigenvalue weighted by molar-refractivity contribution is -0.0813. The molecule has 0 spiro atoms. The molecule has 4 heteroatoms. The molecule has 0 saturated carbocycles. The molecule has 2 rings (SSSR count). The van der Waals surface area contributed by atoms with Crippen LogP contribution in [-0.2, 0) is 15.8 Å². The van der Waals surface area contributed by atoms with Crippen LogP contribution in [-0.4, -0.2) is 8.32 Å². The normalized spacial score (nSPS) is 19.6. The Bertz CT molecular complexity index is 492. The van der Waals surface area contributed by atoms with Crippen LogP contribution in [0.25, 0.3) is 0 Å². The molecule has 1 unspecified atom stereocenters. The topological polar surface area (TPSA) is 18.5 Å². The van der Waals surface area contributed by atoms with E-state index < -0.39 is 8.32 Å². The first-order valence-corrected chi connectivity index (χ1v) is 10.4. The minimum atomic E-state index is -1.81. The average molecular weight is 343 g/mol. The Morgan fingerprint density at radius 1 is 1.32 bits per heavy atom. The second-order valence-corrected chi connectivity index (χ2v) is 12.4. The van der Waals surface area contributed by atoms with Crippen LogP contribution in [0, 0.1) is 6.92 Å². The Balaban J connectivity index is 2.27. The highest BCUT2D eigenvalue weighted by Crippen LogP contribution is 2.43. The molecule has 0 radical (unpaired) electrons. The van der Waals surface area contributed by atoms with Crippen LogP contribution in [0.3, 0.4) is 0 Å². The summed E-state index contributed by atoms with van der Waals surface area (Å²) in [6.45, 7) is 14.1. The van der Waals surface area contributed by atoms with Crippen LogP contribution in [0.5, 0.6) is 0 Å². The lowest BCUT2D eigenvalue weighted by Gasteiger charge is -2.38. The molecule has 0 fully saturated rings. The Morgan fingerprint density at radius 3 is 2.53 bits per heavy atom. The second-order valence-electron chi connectivity index (χ2n) is 6.76. The van der Waals surface area contributed by atoms with Crippen molar-refractivity contribution in [1.82, 2.24) is 0 Å². The Morgan fingerprint density at radius 2 is 1.95 bits per heavy atom. The zero-order valence-electron chi connectivity index (χ0n) is 12.6. The molecule has 1 aromatic carbocycles. The molecule has 0 aromatic heterocycles. The van der Waals surface area contributed by atoms with Crippen molar-refractivity contribution < 1.29 is 9.16 Å². The maximum atomic E-state index is 6.39. The third-order valence-corrected chi connectivity index (χ3v) is 9.68. The van der Waals surface area contributed by atoms with Crippen LogP contribution in [0.2, 0.25) is 18.1 Å². The monoisotopic (exact) mass is 342 g/mol. The SMILES string of the molecule is Cc1c(Br)ccc2c1COC2O[Si](C)(C)C(C)(C)C. The Kier molecular flexibility index (Phi) is 4.00. The van der Waals surface area contributed by atoms with Gasteiger partial charge in [-0.25, -0.2) is 0 Å².